The maximum absolute atomic E-state index is 5.87. The zero-order chi connectivity index (χ0) is 14.5. The number of rotatable bonds is 5. The first-order valence-corrected chi connectivity index (χ1v) is 7.84. The fourth-order valence-corrected chi connectivity index (χ4v) is 3.15. The highest BCUT2D eigenvalue weighted by Crippen LogP contribution is 2.31. The van der Waals surface area contributed by atoms with Gasteiger partial charge in [0.1, 0.15) is 0 Å². The quantitative estimate of drug-likeness (QED) is 0.816. The molecule has 0 saturated heterocycles. The van der Waals surface area contributed by atoms with Gasteiger partial charge in [-0.25, -0.2) is 0 Å². The second-order valence-electron chi connectivity index (χ2n) is 4.79. The van der Waals surface area contributed by atoms with Crippen LogP contribution in [0.15, 0.2) is 52.3 Å². The number of hydrogen-bond donors (Lipinski definition) is 1. The van der Waals surface area contributed by atoms with Crippen molar-refractivity contribution in [2.24, 2.45) is 0 Å². The van der Waals surface area contributed by atoms with E-state index in [1.807, 2.05) is 13.0 Å². The van der Waals surface area contributed by atoms with Crippen molar-refractivity contribution in [1.29, 1.82) is 0 Å². The third kappa shape index (κ3) is 3.48. The molecule has 0 fully saturated rings. The maximum atomic E-state index is 5.87. The molecule has 20 heavy (non-hydrogen) atoms. The third-order valence-corrected chi connectivity index (χ3v) is 4.40. The summed E-state index contributed by atoms with van der Waals surface area (Å²) in [6.07, 6.45) is 0. The molecule has 106 valence electrons. The summed E-state index contributed by atoms with van der Waals surface area (Å²) in [6.45, 7) is 8.49. The first-order chi connectivity index (χ1) is 9.63. The molecule has 0 aromatic heterocycles. The zero-order valence-electron chi connectivity index (χ0n) is 12.4. The molecule has 0 saturated carbocycles. The number of benzene rings is 2. The number of nitrogens with zero attached hydrogens (tertiary/aromatic N) is 1. The van der Waals surface area contributed by atoms with Gasteiger partial charge >= 0.3 is 0 Å². The van der Waals surface area contributed by atoms with Gasteiger partial charge < -0.3 is 10.6 Å². The molecule has 0 aliphatic heterocycles. The summed E-state index contributed by atoms with van der Waals surface area (Å²) in [7, 11) is 0. The van der Waals surface area contributed by atoms with Gasteiger partial charge in [-0.2, -0.15) is 0 Å². The van der Waals surface area contributed by atoms with Crippen LogP contribution in [0.3, 0.4) is 0 Å². The second kappa shape index (κ2) is 6.71. The van der Waals surface area contributed by atoms with Gasteiger partial charge in [0.25, 0.3) is 0 Å². The molecule has 2 nitrogen and oxygen atoms in total. The molecule has 0 unspecified atom stereocenters. The zero-order valence-corrected chi connectivity index (χ0v) is 13.2. The van der Waals surface area contributed by atoms with Crippen molar-refractivity contribution in [3.05, 3.63) is 48.0 Å². The van der Waals surface area contributed by atoms with E-state index in [-0.39, 0.29) is 0 Å². The Kier molecular flexibility index (Phi) is 4.96. The number of aryl methyl sites for hydroxylation is 1. The summed E-state index contributed by atoms with van der Waals surface area (Å²) in [5.41, 5.74) is 9.14. The van der Waals surface area contributed by atoms with Crippen LogP contribution < -0.4 is 10.6 Å². The van der Waals surface area contributed by atoms with Crippen LogP contribution in [0.2, 0.25) is 0 Å². The van der Waals surface area contributed by atoms with Gasteiger partial charge in [-0.05, 0) is 62.7 Å². The minimum absolute atomic E-state index is 0.853. The molecule has 0 amide bonds. The average Bonchev–Trinajstić information content (AvgIpc) is 2.45. The molecule has 2 aromatic rings. The highest BCUT2D eigenvalue weighted by Gasteiger charge is 2.04. The van der Waals surface area contributed by atoms with Crippen LogP contribution >= 0.6 is 11.8 Å². The largest absolute Gasteiger partial charge is 0.399 e. The molecule has 0 aliphatic carbocycles. The van der Waals surface area contributed by atoms with E-state index in [9.17, 15) is 0 Å². The molecule has 2 N–H and O–H groups in total. The first kappa shape index (κ1) is 14.8. The summed E-state index contributed by atoms with van der Waals surface area (Å²) < 4.78 is 0. The fourth-order valence-electron chi connectivity index (χ4n) is 2.18. The van der Waals surface area contributed by atoms with Gasteiger partial charge in [0.15, 0.2) is 0 Å². The van der Waals surface area contributed by atoms with Gasteiger partial charge in [-0.15, -0.1) is 0 Å². The predicted molar refractivity (Wildman–Crippen MR) is 89.7 cm³/mol. The molecule has 0 atom stereocenters. The minimum atomic E-state index is 0.853. The summed E-state index contributed by atoms with van der Waals surface area (Å²) in [5, 5.41) is 0. The van der Waals surface area contributed by atoms with Crippen LogP contribution in [0.4, 0.5) is 11.4 Å². The van der Waals surface area contributed by atoms with E-state index >= 15 is 0 Å². The topological polar surface area (TPSA) is 29.3 Å². The fraction of sp³-hybridized carbons (Fsp3) is 0.294. The SMILES string of the molecule is CCN(CC)c1cccc(Sc2ccc(N)c(C)c2)c1. The Morgan fingerprint density at radius 2 is 1.70 bits per heavy atom. The molecule has 0 heterocycles. The molecular formula is C17H22N2S. The predicted octanol–water partition coefficient (Wildman–Crippen LogP) is 4.57. The number of hydrogen-bond acceptors (Lipinski definition) is 3. The molecule has 0 spiro atoms. The van der Waals surface area contributed by atoms with E-state index in [0.717, 1.165) is 24.3 Å². The average molecular weight is 286 g/mol. The van der Waals surface area contributed by atoms with Gasteiger partial charge in [-0.1, -0.05) is 17.8 Å². The molecule has 0 aliphatic rings. The molecule has 0 radical (unpaired) electrons. The minimum Gasteiger partial charge on any atom is -0.399 e. The van der Waals surface area contributed by atoms with E-state index in [2.05, 4.69) is 55.1 Å². The smallest absolute Gasteiger partial charge is 0.0377 e. The Labute approximate surface area is 126 Å². The molecule has 2 rings (SSSR count). The highest BCUT2D eigenvalue weighted by atomic mass is 32.2. The summed E-state index contributed by atoms with van der Waals surface area (Å²) in [6, 6.07) is 14.9. The van der Waals surface area contributed by atoms with Crippen molar-refractivity contribution in [2.45, 2.75) is 30.6 Å². The van der Waals surface area contributed by atoms with Gasteiger partial charge in [0.05, 0.1) is 0 Å². The van der Waals surface area contributed by atoms with Crippen LogP contribution in [0.25, 0.3) is 0 Å². The van der Waals surface area contributed by atoms with Gasteiger partial charge in [-0.3, -0.25) is 0 Å². The lowest BCUT2D eigenvalue weighted by Crippen LogP contribution is -2.21. The van der Waals surface area contributed by atoms with Crippen molar-refractivity contribution < 1.29 is 0 Å². The van der Waals surface area contributed by atoms with E-state index in [4.69, 9.17) is 5.73 Å². The van der Waals surface area contributed by atoms with Crippen molar-refractivity contribution >= 4 is 23.1 Å². The maximum Gasteiger partial charge on any atom is 0.0377 e. The summed E-state index contributed by atoms with van der Waals surface area (Å²) in [5.74, 6) is 0. The van der Waals surface area contributed by atoms with Gasteiger partial charge in [0, 0.05) is 34.3 Å². The molecular weight excluding hydrogens is 264 g/mol. The van der Waals surface area contributed by atoms with Crippen LogP contribution in [-0.2, 0) is 0 Å². The van der Waals surface area contributed by atoms with Crippen LogP contribution in [0.1, 0.15) is 19.4 Å². The lowest BCUT2D eigenvalue weighted by Gasteiger charge is -2.21. The Hall–Kier alpha value is -1.61. The van der Waals surface area contributed by atoms with Crippen LogP contribution in [-0.4, -0.2) is 13.1 Å². The normalized spacial score (nSPS) is 10.6. The number of nitrogens with two attached hydrogens (primary N) is 1. The van der Waals surface area contributed by atoms with Crippen LogP contribution in [0, 0.1) is 6.92 Å². The van der Waals surface area contributed by atoms with E-state index in [1.54, 1.807) is 11.8 Å². The standard InChI is InChI=1S/C17H22N2S/c1-4-19(5-2)14-7-6-8-15(12-14)20-16-9-10-17(18)13(3)11-16/h6-12H,4-5,18H2,1-3H3. The van der Waals surface area contributed by atoms with Crippen molar-refractivity contribution in [3.8, 4) is 0 Å². The Balaban J connectivity index is 2.21. The van der Waals surface area contributed by atoms with E-state index in [0.29, 0.717) is 0 Å². The summed E-state index contributed by atoms with van der Waals surface area (Å²) >= 11 is 1.78. The lowest BCUT2D eigenvalue weighted by atomic mass is 10.2. The highest BCUT2D eigenvalue weighted by molar-refractivity contribution is 7.99. The Morgan fingerprint density at radius 1 is 1.00 bits per heavy atom. The third-order valence-electron chi connectivity index (χ3n) is 3.42. The Morgan fingerprint density at radius 3 is 2.35 bits per heavy atom. The van der Waals surface area contributed by atoms with Crippen molar-refractivity contribution in [3.63, 3.8) is 0 Å². The summed E-state index contributed by atoms with van der Waals surface area (Å²) in [4.78, 5) is 4.85. The number of anilines is 2. The molecule has 0 bridgehead atoms. The Bertz CT molecular complexity index is 577. The first-order valence-electron chi connectivity index (χ1n) is 7.03. The lowest BCUT2D eigenvalue weighted by molar-refractivity contribution is 0.864. The molecule has 2 aromatic carbocycles. The van der Waals surface area contributed by atoms with Crippen molar-refractivity contribution in [2.75, 3.05) is 23.7 Å². The van der Waals surface area contributed by atoms with Crippen molar-refractivity contribution in [1.82, 2.24) is 0 Å². The number of nitrogen functional groups attached to an aromatic ring is 1. The molecule has 3 heteroatoms. The van der Waals surface area contributed by atoms with E-state index in [1.165, 1.54) is 15.5 Å². The second-order valence-corrected chi connectivity index (χ2v) is 5.94. The monoisotopic (exact) mass is 286 g/mol. The van der Waals surface area contributed by atoms with E-state index < -0.39 is 0 Å². The van der Waals surface area contributed by atoms with Gasteiger partial charge in [0.2, 0.25) is 0 Å². The van der Waals surface area contributed by atoms with Crippen LogP contribution in [0.5, 0.6) is 0 Å².